The predicted molar refractivity (Wildman–Crippen MR) is 89.6 cm³/mol. The van der Waals surface area contributed by atoms with Crippen LogP contribution in [0.25, 0.3) is 0 Å². The van der Waals surface area contributed by atoms with E-state index in [-0.39, 0.29) is 5.41 Å². The molecule has 1 aliphatic heterocycles. The second-order valence-corrected chi connectivity index (χ2v) is 7.55. The lowest BCUT2D eigenvalue weighted by Crippen LogP contribution is -2.51. The highest BCUT2D eigenvalue weighted by Gasteiger charge is 2.72. The van der Waals surface area contributed by atoms with Crippen LogP contribution < -0.4 is 4.74 Å². The number of Topliss-reactive ketones (excluding diaryl/α,β-unsaturated/α-hetero) is 1. The Morgan fingerprint density at radius 2 is 1.92 bits per heavy atom. The van der Waals surface area contributed by atoms with Crippen molar-refractivity contribution in [3.63, 3.8) is 0 Å². The van der Waals surface area contributed by atoms with Crippen molar-refractivity contribution in [3.05, 3.63) is 52.6 Å². The summed E-state index contributed by atoms with van der Waals surface area (Å²) in [7, 11) is 0. The van der Waals surface area contributed by atoms with E-state index in [1.165, 1.54) is 0 Å². The maximum Gasteiger partial charge on any atom is 0.276 e. The molecule has 0 radical (unpaired) electrons. The van der Waals surface area contributed by atoms with E-state index in [9.17, 15) is 15.0 Å². The molecule has 126 valence electrons. The molecule has 2 aliphatic carbocycles. The van der Waals surface area contributed by atoms with Gasteiger partial charge in [0.05, 0.1) is 0 Å². The Bertz CT molecular complexity index is 817. The van der Waals surface area contributed by atoms with E-state index >= 15 is 0 Å². The van der Waals surface area contributed by atoms with E-state index in [0.717, 1.165) is 24.8 Å². The van der Waals surface area contributed by atoms with Crippen LogP contribution in [0.15, 0.2) is 41.5 Å². The number of hydrogen-bond acceptors (Lipinski definition) is 4. The first-order chi connectivity index (χ1) is 11.3. The smallest absolute Gasteiger partial charge is 0.276 e. The minimum absolute atomic E-state index is 0.0982. The summed E-state index contributed by atoms with van der Waals surface area (Å²) in [6, 6.07) is 5.50. The number of aliphatic hydroxyl groups is 2. The van der Waals surface area contributed by atoms with Crippen LogP contribution in [-0.2, 0) is 15.8 Å². The lowest BCUT2D eigenvalue weighted by atomic mass is 9.79. The summed E-state index contributed by atoms with van der Waals surface area (Å²) in [6.45, 7) is 6.32. The molecule has 3 aliphatic rings. The Hall–Kier alpha value is -1.91. The van der Waals surface area contributed by atoms with Crippen LogP contribution in [0.1, 0.15) is 51.2 Å². The topological polar surface area (TPSA) is 66.8 Å². The second-order valence-electron chi connectivity index (χ2n) is 7.55. The van der Waals surface area contributed by atoms with Crippen molar-refractivity contribution in [2.45, 2.75) is 56.8 Å². The predicted octanol–water partition coefficient (Wildman–Crippen LogP) is 2.87. The van der Waals surface area contributed by atoms with Gasteiger partial charge in [-0.15, -0.1) is 0 Å². The van der Waals surface area contributed by atoms with Gasteiger partial charge in [0.1, 0.15) is 5.75 Å². The molecule has 2 unspecified atom stereocenters. The van der Waals surface area contributed by atoms with E-state index in [2.05, 4.69) is 20.8 Å². The molecule has 2 atom stereocenters. The quantitative estimate of drug-likeness (QED) is 0.877. The van der Waals surface area contributed by atoms with Gasteiger partial charge in [-0.05, 0) is 42.4 Å². The third-order valence-corrected chi connectivity index (χ3v) is 5.87. The standard InChI is InChI=1S/C20H22O4/c1-4-18(2,3)12-9-10-16-15(11-12)19(22)17(21)13-7-5-6-8-14(13)20(19,23)24-16/h7-11,22-23H,4-6H2,1-3H3. The summed E-state index contributed by atoms with van der Waals surface area (Å²) in [6.07, 6.45) is 5.95. The van der Waals surface area contributed by atoms with Gasteiger partial charge in [0.15, 0.2) is 0 Å². The third kappa shape index (κ3) is 1.63. The Kier molecular flexibility index (Phi) is 2.98. The van der Waals surface area contributed by atoms with Gasteiger partial charge < -0.3 is 14.9 Å². The molecule has 1 fully saturated rings. The van der Waals surface area contributed by atoms with E-state index in [4.69, 9.17) is 4.74 Å². The normalized spacial score (nSPS) is 31.0. The highest BCUT2D eigenvalue weighted by Crippen LogP contribution is 2.58. The molecule has 0 saturated heterocycles. The highest BCUT2D eigenvalue weighted by molar-refractivity contribution is 6.12. The molecule has 24 heavy (non-hydrogen) atoms. The monoisotopic (exact) mass is 326 g/mol. The highest BCUT2D eigenvalue weighted by atomic mass is 16.7. The molecule has 1 aromatic rings. The van der Waals surface area contributed by atoms with Gasteiger partial charge in [0.25, 0.3) is 5.79 Å². The number of carbonyl (C=O) groups is 1. The number of fused-ring (bicyclic) bond motifs is 5. The SMILES string of the molecule is CCC(C)(C)c1ccc2c(c1)C1(O)C(=O)C3=CCCC=C3C1(O)O2. The van der Waals surface area contributed by atoms with Crippen LogP contribution in [-0.4, -0.2) is 21.8 Å². The fraction of sp³-hybridized carbons (Fsp3) is 0.450. The van der Waals surface area contributed by atoms with Gasteiger partial charge >= 0.3 is 0 Å². The van der Waals surface area contributed by atoms with Crippen LogP contribution in [0.3, 0.4) is 0 Å². The molecule has 1 saturated carbocycles. The van der Waals surface area contributed by atoms with Gasteiger partial charge in [-0.1, -0.05) is 39.0 Å². The van der Waals surface area contributed by atoms with Crippen molar-refractivity contribution < 1.29 is 19.7 Å². The second kappa shape index (κ2) is 4.58. The Labute approximate surface area is 141 Å². The molecule has 0 spiro atoms. The molecule has 4 nitrogen and oxygen atoms in total. The Morgan fingerprint density at radius 1 is 1.21 bits per heavy atom. The summed E-state index contributed by atoms with van der Waals surface area (Å²) < 4.78 is 5.74. The number of ether oxygens (including phenoxy) is 1. The first-order valence-electron chi connectivity index (χ1n) is 8.50. The maximum absolute atomic E-state index is 12.9. The molecule has 4 heteroatoms. The number of hydrogen-bond donors (Lipinski definition) is 2. The number of allylic oxidation sites excluding steroid dienone is 2. The van der Waals surface area contributed by atoms with Crippen LogP contribution in [0.4, 0.5) is 0 Å². The van der Waals surface area contributed by atoms with Crippen molar-refractivity contribution in [1.82, 2.24) is 0 Å². The minimum Gasteiger partial charge on any atom is -0.454 e. The summed E-state index contributed by atoms with van der Waals surface area (Å²) >= 11 is 0. The fourth-order valence-electron chi connectivity index (χ4n) is 3.87. The van der Waals surface area contributed by atoms with Gasteiger partial charge in [0.2, 0.25) is 11.4 Å². The van der Waals surface area contributed by atoms with E-state index in [1.54, 1.807) is 18.2 Å². The van der Waals surface area contributed by atoms with E-state index in [1.807, 2.05) is 12.1 Å². The zero-order valence-electron chi connectivity index (χ0n) is 14.2. The Balaban J connectivity index is 1.94. The molecule has 1 aromatic carbocycles. The molecule has 4 rings (SSSR count). The molecule has 0 bridgehead atoms. The minimum atomic E-state index is -2.07. The van der Waals surface area contributed by atoms with Gasteiger partial charge in [0, 0.05) is 16.7 Å². The van der Waals surface area contributed by atoms with Crippen molar-refractivity contribution >= 4 is 5.78 Å². The van der Waals surface area contributed by atoms with Gasteiger partial charge in [-0.3, -0.25) is 4.79 Å². The van der Waals surface area contributed by atoms with Crippen LogP contribution >= 0.6 is 0 Å². The van der Waals surface area contributed by atoms with Crippen LogP contribution in [0.2, 0.25) is 0 Å². The van der Waals surface area contributed by atoms with E-state index < -0.39 is 17.2 Å². The largest absolute Gasteiger partial charge is 0.454 e. The van der Waals surface area contributed by atoms with Crippen molar-refractivity contribution in [2.24, 2.45) is 0 Å². The van der Waals surface area contributed by atoms with Crippen LogP contribution in [0, 0.1) is 0 Å². The summed E-state index contributed by atoms with van der Waals surface area (Å²) in [4.78, 5) is 12.9. The molecule has 1 heterocycles. The number of benzene rings is 1. The molecular formula is C20H22O4. The fourth-order valence-corrected chi connectivity index (χ4v) is 3.87. The Morgan fingerprint density at radius 3 is 2.62 bits per heavy atom. The van der Waals surface area contributed by atoms with Gasteiger partial charge in [-0.2, -0.15) is 0 Å². The van der Waals surface area contributed by atoms with Crippen molar-refractivity contribution in [3.8, 4) is 5.75 Å². The number of rotatable bonds is 2. The molecule has 0 aromatic heterocycles. The van der Waals surface area contributed by atoms with Crippen molar-refractivity contribution in [2.75, 3.05) is 0 Å². The number of ketones is 1. The van der Waals surface area contributed by atoms with E-state index in [0.29, 0.717) is 22.5 Å². The summed E-state index contributed by atoms with van der Waals surface area (Å²) in [5, 5.41) is 22.4. The lowest BCUT2D eigenvalue weighted by molar-refractivity contribution is -0.202. The zero-order valence-corrected chi connectivity index (χ0v) is 14.2. The molecule has 0 amide bonds. The average molecular weight is 326 g/mol. The number of carbonyl (C=O) groups excluding carboxylic acids is 1. The third-order valence-electron chi connectivity index (χ3n) is 5.87. The first kappa shape index (κ1) is 15.6. The first-order valence-corrected chi connectivity index (χ1v) is 8.50. The molecule has 2 N–H and O–H groups in total. The average Bonchev–Trinajstić information content (AvgIpc) is 2.91. The van der Waals surface area contributed by atoms with Crippen LogP contribution in [0.5, 0.6) is 5.75 Å². The summed E-state index contributed by atoms with van der Waals surface area (Å²) in [5.41, 5.74) is -0.00451. The maximum atomic E-state index is 12.9. The zero-order chi connectivity index (χ0) is 17.3. The van der Waals surface area contributed by atoms with Crippen molar-refractivity contribution in [1.29, 1.82) is 0 Å². The molecular weight excluding hydrogens is 304 g/mol. The lowest BCUT2D eigenvalue weighted by Gasteiger charge is -2.29. The summed E-state index contributed by atoms with van der Waals surface area (Å²) in [5.74, 6) is -2.12. The van der Waals surface area contributed by atoms with Gasteiger partial charge in [-0.25, -0.2) is 0 Å².